The van der Waals surface area contributed by atoms with E-state index in [1.807, 2.05) is 30.1 Å². The highest BCUT2D eigenvalue weighted by atomic mass is 15.0. The van der Waals surface area contributed by atoms with Gasteiger partial charge in [0.25, 0.3) is 0 Å². The molecule has 0 radical (unpaired) electrons. The minimum Gasteiger partial charge on any atom is -0.347 e. The minimum atomic E-state index is 0.569. The van der Waals surface area contributed by atoms with Crippen LogP contribution in [0.4, 0.5) is 0 Å². The number of rotatable bonds is 0. The van der Waals surface area contributed by atoms with E-state index in [0.717, 1.165) is 11.0 Å². The minimum absolute atomic E-state index is 0.569. The predicted molar refractivity (Wildman–Crippen MR) is 43.1 cm³/mol. The van der Waals surface area contributed by atoms with Gasteiger partial charge in [-0.1, -0.05) is 0 Å². The second kappa shape index (κ2) is 1.99. The summed E-state index contributed by atoms with van der Waals surface area (Å²) in [5.41, 5.74) is 0.998. The summed E-state index contributed by atoms with van der Waals surface area (Å²) in [5, 5.41) is 9.08. The molecule has 0 fully saturated rings. The lowest BCUT2D eigenvalue weighted by molar-refractivity contribution is 0.930. The lowest BCUT2D eigenvalue weighted by atomic mass is 10.3. The Balaban J connectivity index is 3.08. The van der Waals surface area contributed by atoms with E-state index in [1.54, 1.807) is 6.07 Å². The van der Waals surface area contributed by atoms with Crippen LogP contribution in [0, 0.1) is 5.41 Å². The zero-order valence-electron chi connectivity index (χ0n) is 6.26. The monoisotopic (exact) mass is 147 g/mol. The Labute approximate surface area is 63.8 Å². The van der Waals surface area contributed by atoms with Crippen LogP contribution < -0.4 is 5.36 Å². The maximum absolute atomic E-state index is 7.54. The fourth-order valence-electron chi connectivity index (χ4n) is 1.22. The second-order valence-electron chi connectivity index (χ2n) is 2.58. The molecule has 2 rings (SSSR count). The van der Waals surface area contributed by atoms with E-state index in [9.17, 15) is 0 Å². The van der Waals surface area contributed by atoms with Gasteiger partial charge in [0.1, 0.15) is 5.65 Å². The predicted octanol–water partition coefficient (Wildman–Crippen LogP) is 0.986. The molecule has 11 heavy (non-hydrogen) atoms. The molecule has 3 nitrogen and oxygen atoms in total. The van der Waals surface area contributed by atoms with Crippen LogP contribution in [0.1, 0.15) is 0 Å². The Morgan fingerprint density at radius 2 is 2.27 bits per heavy atom. The number of hydrogen-bond acceptors (Lipinski definition) is 1. The topological polar surface area (TPSA) is 44.6 Å². The summed E-state index contributed by atoms with van der Waals surface area (Å²) in [6.45, 7) is 0. The van der Waals surface area contributed by atoms with Crippen LogP contribution in [0.5, 0.6) is 0 Å². The first-order valence-corrected chi connectivity index (χ1v) is 3.46. The molecule has 0 saturated heterocycles. The van der Waals surface area contributed by atoms with Gasteiger partial charge in [-0.15, -0.1) is 0 Å². The number of hydrogen-bond donors (Lipinski definition) is 2. The quantitative estimate of drug-likeness (QED) is 0.558. The van der Waals surface area contributed by atoms with Crippen LogP contribution in [0.15, 0.2) is 24.5 Å². The molecule has 0 bridgehead atoms. The average Bonchev–Trinajstić information content (AvgIpc) is 2.45. The number of aromatic nitrogens is 2. The molecule has 0 spiro atoms. The largest absolute Gasteiger partial charge is 0.347 e. The molecule has 0 aromatic carbocycles. The van der Waals surface area contributed by atoms with Gasteiger partial charge >= 0.3 is 0 Å². The maximum atomic E-state index is 7.54. The highest BCUT2D eigenvalue weighted by Gasteiger charge is 1.96. The number of fused-ring (bicyclic) bond motifs is 1. The summed E-state index contributed by atoms with van der Waals surface area (Å²) in [6, 6.07) is 3.70. The Kier molecular flexibility index (Phi) is 1.12. The third-order valence-corrected chi connectivity index (χ3v) is 1.83. The molecule has 0 aliphatic heterocycles. The zero-order chi connectivity index (χ0) is 7.84. The van der Waals surface area contributed by atoms with E-state index in [1.165, 1.54) is 0 Å². The first-order chi connectivity index (χ1) is 5.29. The van der Waals surface area contributed by atoms with Gasteiger partial charge in [-0.25, -0.2) is 0 Å². The summed E-state index contributed by atoms with van der Waals surface area (Å²) >= 11 is 0. The maximum Gasteiger partial charge on any atom is 0.119 e. The lowest BCUT2D eigenvalue weighted by Gasteiger charge is -1.98. The number of aromatic amines is 1. The Morgan fingerprint density at radius 1 is 1.45 bits per heavy atom. The van der Waals surface area contributed by atoms with E-state index in [2.05, 4.69) is 4.98 Å². The van der Waals surface area contributed by atoms with E-state index < -0.39 is 0 Å². The van der Waals surface area contributed by atoms with E-state index >= 15 is 0 Å². The summed E-state index contributed by atoms with van der Waals surface area (Å²) < 4.78 is 1.97. The average molecular weight is 147 g/mol. The Hall–Kier alpha value is -1.51. The van der Waals surface area contributed by atoms with Crippen LogP contribution in [-0.2, 0) is 7.05 Å². The van der Waals surface area contributed by atoms with Gasteiger partial charge < -0.3 is 15.0 Å². The summed E-state index contributed by atoms with van der Waals surface area (Å²) in [7, 11) is 1.96. The van der Waals surface area contributed by atoms with Crippen LogP contribution in [-0.4, -0.2) is 9.55 Å². The molecular formula is C8H9N3. The highest BCUT2D eigenvalue weighted by molar-refractivity contribution is 5.74. The standard InChI is InChI=1S/C8H9N3/c1-11-5-3-7(9)6-2-4-10-8(6)11/h2-5,9-10H,1H3. The SMILES string of the molecule is Cn1ccc(=N)c2cc[nH]c21. The molecule has 0 unspecified atom stereocenters. The fraction of sp³-hybridized carbons (Fsp3) is 0.125. The molecule has 0 aliphatic rings. The van der Waals surface area contributed by atoms with Crippen molar-refractivity contribution in [3.8, 4) is 0 Å². The van der Waals surface area contributed by atoms with Crippen molar-refractivity contribution in [2.75, 3.05) is 0 Å². The lowest BCUT2D eigenvalue weighted by Crippen LogP contribution is -2.03. The van der Waals surface area contributed by atoms with Crippen LogP contribution >= 0.6 is 0 Å². The van der Waals surface area contributed by atoms with Crippen molar-refractivity contribution >= 4 is 11.0 Å². The Bertz CT molecular complexity index is 436. The number of aryl methyl sites for hydroxylation is 1. The first kappa shape index (κ1) is 6.22. The molecule has 56 valence electrons. The highest BCUT2D eigenvalue weighted by Crippen LogP contribution is 2.03. The van der Waals surface area contributed by atoms with Gasteiger partial charge in [0.2, 0.25) is 0 Å². The Morgan fingerprint density at radius 3 is 3.00 bits per heavy atom. The molecular weight excluding hydrogens is 138 g/mol. The fourth-order valence-corrected chi connectivity index (χ4v) is 1.22. The zero-order valence-corrected chi connectivity index (χ0v) is 6.26. The number of nitrogens with zero attached hydrogens (tertiary/aromatic N) is 1. The van der Waals surface area contributed by atoms with Gasteiger partial charge in [-0.2, -0.15) is 0 Å². The van der Waals surface area contributed by atoms with Crippen molar-refractivity contribution in [2.45, 2.75) is 0 Å². The molecule has 3 heteroatoms. The smallest absolute Gasteiger partial charge is 0.119 e. The molecule has 2 N–H and O–H groups in total. The van der Waals surface area contributed by atoms with Crippen molar-refractivity contribution in [2.24, 2.45) is 7.05 Å². The van der Waals surface area contributed by atoms with Gasteiger partial charge in [0.15, 0.2) is 0 Å². The number of pyridine rings is 1. The van der Waals surface area contributed by atoms with Crippen LogP contribution in [0.25, 0.3) is 11.0 Å². The molecule has 2 aromatic heterocycles. The summed E-state index contributed by atoms with van der Waals surface area (Å²) in [5.74, 6) is 0. The van der Waals surface area contributed by atoms with Crippen molar-refractivity contribution in [1.29, 1.82) is 5.41 Å². The van der Waals surface area contributed by atoms with E-state index in [4.69, 9.17) is 5.41 Å². The van der Waals surface area contributed by atoms with Crippen molar-refractivity contribution in [3.63, 3.8) is 0 Å². The van der Waals surface area contributed by atoms with Crippen molar-refractivity contribution < 1.29 is 0 Å². The third-order valence-electron chi connectivity index (χ3n) is 1.83. The van der Waals surface area contributed by atoms with Crippen molar-refractivity contribution in [3.05, 3.63) is 29.9 Å². The molecule has 0 amide bonds. The molecule has 2 heterocycles. The van der Waals surface area contributed by atoms with E-state index in [-0.39, 0.29) is 0 Å². The van der Waals surface area contributed by atoms with Crippen LogP contribution in [0.2, 0.25) is 0 Å². The van der Waals surface area contributed by atoms with Crippen LogP contribution in [0.3, 0.4) is 0 Å². The molecule has 0 atom stereocenters. The van der Waals surface area contributed by atoms with Crippen molar-refractivity contribution in [1.82, 2.24) is 9.55 Å². The number of nitrogens with one attached hydrogen (secondary N) is 2. The molecule has 0 aliphatic carbocycles. The summed E-state index contributed by atoms with van der Waals surface area (Å²) in [6.07, 6.45) is 3.73. The third kappa shape index (κ3) is 0.774. The van der Waals surface area contributed by atoms with Gasteiger partial charge in [0, 0.05) is 24.8 Å². The van der Waals surface area contributed by atoms with E-state index in [0.29, 0.717) is 5.36 Å². The first-order valence-electron chi connectivity index (χ1n) is 3.46. The summed E-state index contributed by atoms with van der Waals surface area (Å²) in [4.78, 5) is 3.07. The normalized spacial score (nSPS) is 10.6. The second-order valence-corrected chi connectivity index (χ2v) is 2.58. The molecule has 0 saturated carbocycles. The van der Waals surface area contributed by atoms with Gasteiger partial charge in [0.05, 0.1) is 5.36 Å². The van der Waals surface area contributed by atoms with Gasteiger partial charge in [-0.3, -0.25) is 0 Å². The van der Waals surface area contributed by atoms with Gasteiger partial charge in [-0.05, 0) is 12.1 Å². The molecule has 2 aromatic rings. The number of H-pyrrole nitrogens is 1.